The van der Waals surface area contributed by atoms with Gasteiger partial charge in [-0.05, 0) is 99.0 Å². The first-order valence-electron chi connectivity index (χ1n) is 15.7. The first-order valence-corrected chi connectivity index (χ1v) is 15.7. The second-order valence-corrected chi connectivity index (χ2v) is 14.9. The summed E-state index contributed by atoms with van der Waals surface area (Å²) in [7, 11) is 0. The van der Waals surface area contributed by atoms with Crippen LogP contribution in [0.25, 0.3) is 0 Å². The van der Waals surface area contributed by atoms with Gasteiger partial charge in [-0.25, -0.2) is 0 Å². The molecule has 2 aliphatic rings. The summed E-state index contributed by atoms with van der Waals surface area (Å²) in [6.07, 6.45) is 2.39. The fourth-order valence-electron chi connectivity index (χ4n) is 8.16. The van der Waals surface area contributed by atoms with E-state index < -0.39 is 22.2 Å². The Morgan fingerprint density at radius 2 is 1.05 bits per heavy atom. The minimum absolute atomic E-state index is 0.000137. The number of esters is 1. The molecular formula is C36H51N3O4. The molecule has 4 rings (SSSR count). The summed E-state index contributed by atoms with van der Waals surface area (Å²) >= 11 is 0. The number of likely N-dealkylation sites (tertiary alicyclic amines) is 2. The molecule has 2 fully saturated rings. The van der Waals surface area contributed by atoms with E-state index in [0.717, 1.165) is 12.8 Å². The molecule has 0 unspecified atom stereocenters. The van der Waals surface area contributed by atoms with Crippen molar-refractivity contribution in [3.8, 4) is 0 Å². The van der Waals surface area contributed by atoms with Gasteiger partial charge in [-0.15, -0.1) is 0 Å². The fourth-order valence-corrected chi connectivity index (χ4v) is 8.16. The van der Waals surface area contributed by atoms with E-state index >= 15 is 0 Å². The van der Waals surface area contributed by atoms with Crippen molar-refractivity contribution in [1.29, 1.82) is 0 Å². The van der Waals surface area contributed by atoms with Crippen LogP contribution in [0.15, 0.2) is 60.7 Å². The van der Waals surface area contributed by atoms with E-state index in [1.807, 2.05) is 70.5 Å². The zero-order valence-corrected chi connectivity index (χ0v) is 27.6. The number of hydrogen-bond donors (Lipinski definition) is 0. The largest absolute Gasteiger partial charge is 0.461 e. The molecule has 7 heteroatoms. The van der Waals surface area contributed by atoms with E-state index in [-0.39, 0.29) is 36.5 Å². The fraction of sp³-hybridized carbons (Fsp3) is 0.583. The van der Waals surface area contributed by atoms with Gasteiger partial charge >= 0.3 is 5.97 Å². The lowest BCUT2D eigenvalue weighted by Gasteiger charge is -2.57. The molecule has 0 aliphatic carbocycles. The Morgan fingerprint density at radius 3 is 1.42 bits per heavy atom. The highest BCUT2D eigenvalue weighted by atomic mass is 16.5. The first kappa shape index (κ1) is 32.7. The lowest BCUT2D eigenvalue weighted by molar-refractivity contribution is -0.160. The molecule has 0 aromatic heterocycles. The molecule has 2 saturated heterocycles. The normalized spacial score (nSPS) is 21.4. The third kappa shape index (κ3) is 6.98. The Hall–Kier alpha value is -3.19. The molecule has 0 N–H and O–H groups in total. The number of amides is 2. The molecule has 0 atom stereocenters. The standard InChI is InChI=1S/C36H51N3O4/c1-10-37(28-21-33(2,3)38(34(4,5)22-28)31(41)26-17-13-11-14-18-26)25-30(40)43-29-23-35(6,7)39(36(8,9)24-29)32(42)27-19-15-12-16-20-27/h11-20,28-29H,10,21-25H2,1-9H3. The van der Waals surface area contributed by atoms with Crippen LogP contribution in [0, 0.1) is 0 Å². The van der Waals surface area contributed by atoms with E-state index in [1.54, 1.807) is 0 Å². The molecule has 7 nitrogen and oxygen atoms in total. The lowest BCUT2D eigenvalue weighted by Crippen LogP contribution is -2.66. The van der Waals surface area contributed by atoms with E-state index in [4.69, 9.17) is 4.74 Å². The number of nitrogens with zero attached hydrogens (tertiary/aromatic N) is 3. The molecular weight excluding hydrogens is 538 g/mol. The molecule has 0 spiro atoms. The van der Waals surface area contributed by atoms with Crippen LogP contribution in [-0.4, -0.2) is 79.9 Å². The highest BCUT2D eigenvalue weighted by molar-refractivity contribution is 5.96. The van der Waals surface area contributed by atoms with Crippen LogP contribution in [0.2, 0.25) is 0 Å². The van der Waals surface area contributed by atoms with Crippen LogP contribution < -0.4 is 0 Å². The Balaban J connectivity index is 1.43. The van der Waals surface area contributed by atoms with Gasteiger partial charge in [-0.1, -0.05) is 43.3 Å². The van der Waals surface area contributed by atoms with Crippen molar-refractivity contribution in [3.05, 3.63) is 71.8 Å². The van der Waals surface area contributed by atoms with E-state index in [2.05, 4.69) is 67.2 Å². The van der Waals surface area contributed by atoms with Crippen LogP contribution in [-0.2, 0) is 9.53 Å². The second-order valence-electron chi connectivity index (χ2n) is 14.9. The molecule has 43 heavy (non-hydrogen) atoms. The Bertz CT molecular complexity index is 1270. The number of likely N-dealkylation sites (N-methyl/N-ethyl adjacent to an activating group) is 1. The van der Waals surface area contributed by atoms with Crippen molar-refractivity contribution in [2.24, 2.45) is 0 Å². The van der Waals surface area contributed by atoms with Crippen LogP contribution >= 0.6 is 0 Å². The number of carbonyl (C=O) groups excluding carboxylic acids is 3. The van der Waals surface area contributed by atoms with Gasteiger partial charge < -0.3 is 14.5 Å². The summed E-state index contributed by atoms with van der Waals surface area (Å²) in [6.45, 7) is 19.7. The predicted octanol–water partition coefficient (Wildman–Crippen LogP) is 6.58. The van der Waals surface area contributed by atoms with Crippen molar-refractivity contribution in [3.63, 3.8) is 0 Å². The number of ether oxygens (including phenoxy) is 1. The number of piperidine rings is 2. The minimum atomic E-state index is -0.490. The van der Waals surface area contributed by atoms with Crippen molar-refractivity contribution in [2.75, 3.05) is 13.1 Å². The maximum absolute atomic E-state index is 13.6. The number of benzene rings is 2. The zero-order chi connectivity index (χ0) is 31.8. The summed E-state index contributed by atoms with van der Waals surface area (Å²) in [5.74, 6) is -0.196. The molecule has 2 heterocycles. The summed E-state index contributed by atoms with van der Waals surface area (Å²) in [5, 5.41) is 0. The maximum Gasteiger partial charge on any atom is 0.320 e. The first-order chi connectivity index (χ1) is 20.0. The summed E-state index contributed by atoms with van der Waals surface area (Å²) in [4.78, 5) is 46.9. The molecule has 0 radical (unpaired) electrons. The smallest absolute Gasteiger partial charge is 0.320 e. The highest BCUT2D eigenvalue weighted by Gasteiger charge is 2.51. The molecule has 2 amide bonds. The third-order valence-corrected chi connectivity index (χ3v) is 9.35. The summed E-state index contributed by atoms with van der Waals surface area (Å²) in [6, 6.07) is 19.0. The van der Waals surface area contributed by atoms with Crippen molar-refractivity contribution in [1.82, 2.24) is 14.7 Å². The van der Waals surface area contributed by atoms with Crippen LogP contribution in [0.4, 0.5) is 0 Å². The maximum atomic E-state index is 13.6. The number of carbonyl (C=O) groups is 3. The average Bonchev–Trinajstić information content (AvgIpc) is 2.89. The van der Waals surface area contributed by atoms with Crippen LogP contribution in [0.1, 0.15) is 109 Å². The number of rotatable bonds is 7. The topological polar surface area (TPSA) is 70.2 Å². The van der Waals surface area contributed by atoms with Crippen molar-refractivity contribution >= 4 is 17.8 Å². The van der Waals surface area contributed by atoms with Gasteiger partial charge in [-0.3, -0.25) is 19.3 Å². The summed E-state index contributed by atoms with van der Waals surface area (Å²) in [5.41, 5.74) is -0.418. The van der Waals surface area contributed by atoms with Gasteiger partial charge in [0.15, 0.2) is 0 Å². The molecule has 2 aromatic carbocycles. The molecule has 2 aromatic rings. The number of hydrogen-bond acceptors (Lipinski definition) is 5. The van der Waals surface area contributed by atoms with Crippen molar-refractivity contribution < 1.29 is 19.1 Å². The third-order valence-electron chi connectivity index (χ3n) is 9.35. The molecule has 234 valence electrons. The van der Waals surface area contributed by atoms with Gasteiger partial charge in [0.05, 0.1) is 6.54 Å². The second kappa shape index (κ2) is 12.1. The highest BCUT2D eigenvalue weighted by Crippen LogP contribution is 2.42. The quantitative estimate of drug-likeness (QED) is 0.342. The predicted molar refractivity (Wildman–Crippen MR) is 171 cm³/mol. The zero-order valence-electron chi connectivity index (χ0n) is 27.6. The summed E-state index contributed by atoms with van der Waals surface area (Å²) < 4.78 is 6.16. The van der Waals surface area contributed by atoms with E-state index in [0.29, 0.717) is 30.5 Å². The van der Waals surface area contributed by atoms with Gasteiger partial charge in [0, 0.05) is 52.2 Å². The van der Waals surface area contributed by atoms with Gasteiger partial charge in [0.2, 0.25) is 0 Å². The minimum Gasteiger partial charge on any atom is -0.461 e. The van der Waals surface area contributed by atoms with Crippen LogP contribution in [0.3, 0.4) is 0 Å². The van der Waals surface area contributed by atoms with E-state index in [1.165, 1.54) is 0 Å². The monoisotopic (exact) mass is 589 g/mol. The molecule has 0 bridgehead atoms. The Kier molecular flexibility index (Phi) is 9.18. The average molecular weight is 590 g/mol. The Morgan fingerprint density at radius 1 is 0.674 bits per heavy atom. The lowest BCUT2D eigenvalue weighted by atomic mass is 9.75. The van der Waals surface area contributed by atoms with Crippen LogP contribution in [0.5, 0.6) is 0 Å². The van der Waals surface area contributed by atoms with E-state index in [9.17, 15) is 14.4 Å². The molecule has 0 saturated carbocycles. The van der Waals surface area contributed by atoms with Gasteiger partial charge in [0.25, 0.3) is 11.8 Å². The van der Waals surface area contributed by atoms with Gasteiger partial charge in [0.1, 0.15) is 6.10 Å². The SMILES string of the molecule is CCN(CC(=O)OC1CC(C)(C)N(C(=O)c2ccccc2)C(C)(C)C1)C1CC(C)(C)N(C(=O)c2ccccc2)C(C)(C)C1. The van der Waals surface area contributed by atoms with Gasteiger partial charge in [-0.2, -0.15) is 0 Å². The Labute approximate surface area is 258 Å². The molecule has 2 aliphatic heterocycles. The van der Waals surface area contributed by atoms with Crippen molar-refractivity contribution in [2.45, 2.75) is 122 Å².